The SMILES string of the molecule is N#Cc1cc(NS(=O)(=O)c2ccccc2)c(-c2ccc(F)cc2)nc1NCc1ccccc1F. The highest BCUT2D eigenvalue weighted by atomic mass is 32.2. The number of nitrogens with one attached hydrogen (secondary N) is 2. The van der Waals surface area contributed by atoms with Gasteiger partial charge in [0.2, 0.25) is 0 Å². The minimum absolute atomic E-state index is 0.0281. The first-order valence-electron chi connectivity index (χ1n) is 10.1. The Bertz CT molecular complexity index is 1470. The third-order valence-corrected chi connectivity index (χ3v) is 6.34. The van der Waals surface area contributed by atoms with E-state index in [1.807, 2.05) is 6.07 Å². The van der Waals surface area contributed by atoms with Crippen LogP contribution in [-0.4, -0.2) is 13.4 Å². The summed E-state index contributed by atoms with van der Waals surface area (Å²) in [5.74, 6) is -0.756. The fourth-order valence-electron chi connectivity index (χ4n) is 3.26. The molecule has 0 unspecified atom stereocenters. The zero-order valence-corrected chi connectivity index (χ0v) is 18.5. The average molecular weight is 477 g/mol. The van der Waals surface area contributed by atoms with Crippen molar-refractivity contribution in [3.63, 3.8) is 0 Å². The van der Waals surface area contributed by atoms with Crippen molar-refractivity contribution in [2.45, 2.75) is 11.4 Å². The Labute approximate surface area is 195 Å². The summed E-state index contributed by atoms with van der Waals surface area (Å²) in [7, 11) is -3.99. The molecular formula is C25H18F2N4O2S. The Morgan fingerprint density at radius 3 is 2.26 bits per heavy atom. The van der Waals surface area contributed by atoms with Crippen LogP contribution in [0.25, 0.3) is 11.3 Å². The lowest BCUT2D eigenvalue weighted by atomic mass is 10.1. The summed E-state index contributed by atoms with van der Waals surface area (Å²) in [6.07, 6.45) is 0. The van der Waals surface area contributed by atoms with E-state index in [0.717, 1.165) is 0 Å². The van der Waals surface area contributed by atoms with Gasteiger partial charge in [-0.25, -0.2) is 22.2 Å². The van der Waals surface area contributed by atoms with E-state index in [4.69, 9.17) is 0 Å². The summed E-state index contributed by atoms with van der Waals surface area (Å²) in [6.45, 7) is 0.0479. The van der Waals surface area contributed by atoms with Gasteiger partial charge in [-0.2, -0.15) is 5.26 Å². The molecule has 4 rings (SSSR count). The molecule has 0 amide bonds. The van der Waals surface area contributed by atoms with Crippen LogP contribution in [0.3, 0.4) is 0 Å². The van der Waals surface area contributed by atoms with Gasteiger partial charge < -0.3 is 5.32 Å². The van der Waals surface area contributed by atoms with Gasteiger partial charge in [0.15, 0.2) is 0 Å². The molecule has 4 aromatic rings. The number of sulfonamides is 1. The van der Waals surface area contributed by atoms with Crippen LogP contribution < -0.4 is 10.0 Å². The smallest absolute Gasteiger partial charge is 0.261 e. The largest absolute Gasteiger partial charge is 0.365 e. The molecule has 1 aromatic heterocycles. The van der Waals surface area contributed by atoms with Crippen LogP contribution in [0.15, 0.2) is 89.8 Å². The Morgan fingerprint density at radius 1 is 0.912 bits per heavy atom. The minimum atomic E-state index is -3.99. The quantitative estimate of drug-likeness (QED) is 0.377. The number of hydrogen-bond acceptors (Lipinski definition) is 5. The van der Waals surface area contributed by atoms with Gasteiger partial charge in [-0.1, -0.05) is 36.4 Å². The molecule has 34 heavy (non-hydrogen) atoms. The van der Waals surface area contributed by atoms with Gasteiger partial charge in [0.25, 0.3) is 10.0 Å². The minimum Gasteiger partial charge on any atom is -0.365 e. The van der Waals surface area contributed by atoms with Gasteiger partial charge in [-0.05, 0) is 48.5 Å². The molecule has 0 fully saturated rings. The van der Waals surface area contributed by atoms with Gasteiger partial charge >= 0.3 is 0 Å². The summed E-state index contributed by atoms with van der Waals surface area (Å²) in [5.41, 5.74) is 1.06. The lowest BCUT2D eigenvalue weighted by Gasteiger charge is -2.16. The zero-order valence-electron chi connectivity index (χ0n) is 17.7. The van der Waals surface area contributed by atoms with Gasteiger partial charge in [-0.15, -0.1) is 0 Å². The van der Waals surface area contributed by atoms with Crippen LogP contribution in [0.1, 0.15) is 11.1 Å². The highest BCUT2D eigenvalue weighted by molar-refractivity contribution is 7.92. The van der Waals surface area contributed by atoms with Gasteiger partial charge in [0.1, 0.15) is 23.5 Å². The van der Waals surface area contributed by atoms with E-state index < -0.39 is 21.7 Å². The number of pyridine rings is 1. The van der Waals surface area contributed by atoms with Crippen molar-refractivity contribution in [3.05, 3.63) is 108 Å². The summed E-state index contributed by atoms with van der Waals surface area (Å²) < 4.78 is 55.9. The van der Waals surface area contributed by atoms with Crippen molar-refractivity contribution in [2.24, 2.45) is 0 Å². The first kappa shape index (κ1) is 22.9. The van der Waals surface area contributed by atoms with Crippen LogP contribution in [0, 0.1) is 23.0 Å². The van der Waals surface area contributed by atoms with Gasteiger partial charge in [0, 0.05) is 17.7 Å². The Balaban J connectivity index is 1.78. The number of rotatable bonds is 7. The van der Waals surface area contributed by atoms with Crippen molar-refractivity contribution in [1.82, 2.24) is 4.98 Å². The van der Waals surface area contributed by atoms with E-state index in [-0.39, 0.29) is 34.2 Å². The van der Waals surface area contributed by atoms with Crippen LogP contribution in [0.4, 0.5) is 20.3 Å². The second kappa shape index (κ2) is 9.68. The third kappa shape index (κ3) is 5.03. The lowest BCUT2D eigenvalue weighted by Crippen LogP contribution is -2.15. The molecule has 0 bridgehead atoms. The first-order chi connectivity index (χ1) is 16.4. The monoisotopic (exact) mass is 476 g/mol. The number of hydrogen-bond donors (Lipinski definition) is 2. The van der Waals surface area contributed by atoms with Crippen molar-refractivity contribution in [1.29, 1.82) is 5.26 Å². The highest BCUT2D eigenvalue weighted by Crippen LogP contribution is 2.32. The third-order valence-electron chi connectivity index (χ3n) is 4.96. The molecule has 2 N–H and O–H groups in total. The summed E-state index contributed by atoms with van der Waals surface area (Å²) in [4.78, 5) is 4.49. The van der Waals surface area contributed by atoms with Crippen molar-refractivity contribution < 1.29 is 17.2 Å². The van der Waals surface area contributed by atoms with E-state index >= 15 is 0 Å². The molecule has 0 atom stereocenters. The second-order valence-electron chi connectivity index (χ2n) is 7.26. The van der Waals surface area contributed by atoms with E-state index in [2.05, 4.69) is 15.0 Å². The fourth-order valence-corrected chi connectivity index (χ4v) is 4.34. The molecule has 0 radical (unpaired) electrons. The van der Waals surface area contributed by atoms with Crippen LogP contribution in [0.2, 0.25) is 0 Å². The molecule has 9 heteroatoms. The Hall–Kier alpha value is -4.29. The molecular weight excluding hydrogens is 458 g/mol. The maximum Gasteiger partial charge on any atom is 0.261 e. The fraction of sp³-hybridized carbons (Fsp3) is 0.0400. The van der Waals surface area contributed by atoms with Crippen molar-refractivity contribution in [3.8, 4) is 17.3 Å². The normalized spacial score (nSPS) is 11.0. The molecule has 6 nitrogen and oxygen atoms in total. The Kier molecular flexibility index (Phi) is 6.52. The number of nitrogens with zero attached hydrogens (tertiary/aromatic N) is 2. The number of anilines is 2. The molecule has 1 heterocycles. The summed E-state index contributed by atoms with van der Waals surface area (Å²) in [5, 5.41) is 12.6. The number of benzene rings is 3. The summed E-state index contributed by atoms with van der Waals surface area (Å²) in [6, 6.07) is 22.6. The molecule has 3 aromatic carbocycles. The predicted octanol–water partition coefficient (Wildman–Crippen LogP) is 5.31. The summed E-state index contributed by atoms with van der Waals surface area (Å²) >= 11 is 0. The average Bonchev–Trinajstić information content (AvgIpc) is 2.85. The van der Waals surface area contributed by atoms with Crippen molar-refractivity contribution >= 4 is 21.5 Å². The highest BCUT2D eigenvalue weighted by Gasteiger charge is 2.20. The first-order valence-corrected chi connectivity index (χ1v) is 11.6. The maximum absolute atomic E-state index is 14.0. The van der Waals surface area contributed by atoms with E-state index in [1.165, 1.54) is 48.5 Å². The topological polar surface area (TPSA) is 94.9 Å². The number of aromatic nitrogens is 1. The van der Waals surface area contributed by atoms with E-state index in [1.54, 1.807) is 36.4 Å². The molecule has 0 aliphatic rings. The molecule has 0 saturated carbocycles. The molecule has 0 spiro atoms. The van der Waals surface area contributed by atoms with E-state index in [9.17, 15) is 22.5 Å². The van der Waals surface area contributed by atoms with Crippen LogP contribution in [0.5, 0.6) is 0 Å². The molecule has 0 saturated heterocycles. The Morgan fingerprint density at radius 2 is 1.59 bits per heavy atom. The second-order valence-corrected chi connectivity index (χ2v) is 8.95. The van der Waals surface area contributed by atoms with Crippen LogP contribution >= 0.6 is 0 Å². The maximum atomic E-state index is 14.0. The standard InChI is InChI=1S/C25H18F2N4O2S/c26-20-12-10-17(11-13-20)24-23(31-34(32,33)21-7-2-1-3-8-21)14-19(15-28)25(30-24)29-16-18-6-4-5-9-22(18)27/h1-14,31H,16H2,(H,29,30). The molecule has 0 aliphatic heterocycles. The van der Waals surface area contributed by atoms with E-state index in [0.29, 0.717) is 11.1 Å². The number of nitriles is 1. The zero-order chi connectivity index (χ0) is 24.1. The number of halogens is 2. The molecule has 170 valence electrons. The van der Waals surface area contributed by atoms with Crippen LogP contribution in [-0.2, 0) is 16.6 Å². The predicted molar refractivity (Wildman–Crippen MR) is 125 cm³/mol. The molecule has 0 aliphatic carbocycles. The van der Waals surface area contributed by atoms with Gasteiger partial charge in [-0.3, -0.25) is 4.72 Å². The van der Waals surface area contributed by atoms with Crippen molar-refractivity contribution in [2.75, 3.05) is 10.0 Å². The lowest BCUT2D eigenvalue weighted by molar-refractivity contribution is 0.601. The van der Waals surface area contributed by atoms with Gasteiger partial charge in [0.05, 0.1) is 21.8 Å².